The number of carbonyl (C=O) groups excluding carboxylic acids is 2. The van der Waals surface area contributed by atoms with E-state index < -0.39 is 28.7 Å². The van der Waals surface area contributed by atoms with Crippen molar-refractivity contribution < 1.29 is 19.1 Å². The molecule has 4 aliphatic rings. The van der Waals surface area contributed by atoms with Crippen molar-refractivity contribution >= 4 is 40.7 Å². The first-order valence-corrected chi connectivity index (χ1v) is 15.0. The van der Waals surface area contributed by atoms with Gasteiger partial charge in [-0.05, 0) is 86.1 Å². The molecule has 2 aliphatic carbocycles. The summed E-state index contributed by atoms with van der Waals surface area (Å²) in [6.45, 7) is 4.44. The van der Waals surface area contributed by atoms with E-state index in [0.29, 0.717) is 49.2 Å². The second-order valence-corrected chi connectivity index (χ2v) is 13.8. The van der Waals surface area contributed by atoms with E-state index in [2.05, 4.69) is 29.8 Å². The maximum absolute atomic E-state index is 16.0. The van der Waals surface area contributed by atoms with Gasteiger partial charge < -0.3 is 15.7 Å². The predicted octanol–water partition coefficient (Wildman–Crippen LogP) is 5.84. The third kappa shape index (κ3) is 4.27. The normalized spacial score (nSPS) is 32.2. The molecule has 6 rings (SSSR count). The van der Waals surface area contributed by atoms with Gasteiger partial charge in [0.2, 0.25) is 11.8 Å². The lowest BCUT2D eigenvalue weighted by Crippen LogP contribution is -2.61. The van der Waals surface area contributed by atoms with E-state index >= 15 is 4.39 Å². The average molecular weight is 589 g/mol. The van der Waals surface area contributed by atoms with Crippen LogP contribution < -0.4 is 16.0 Å². The van der Waals surface area contributed by atoms with Crippen molar-refractivity contribution in [3.63, 3.8) is 0 Å². The largest absolute Gasteiger partial charge is 0.393 e. The molecule has 3 fully saturated rings. The minimum absolute atomic E-state index is 0.0476. The standard InChI is InChI=1S/C31H36Cl2FN3O3/c1-29(2)12-14-30(15-13-29)31(21-11-6-17(32)16-23(21)36-28(31)40)24(20-4-3-5-22(33)25(20)34)26(37-30)27(39)35-18-7-9-19(38)10-8-18/h3-6,11,16,18-19,24,26,37-38H,7-10,12-15H2,1-2H3,(H,35,39)(H,36,40)/t18-,19-,24-,26?,31+/m0/s1. The first kappa shape index (κ1) is 28.0. The van der Waals surface area contributed by atoms with Crippen molar-refractivity contribution in [2.24, 2.45) is 5.41 Å². The van der Waals surface area contributed by atoms with Crippen LogP contribution in [0.1, 0.15) is 82.3 Å². The Bertz CT molecular complexity index is 1350. The number of hydrogen-bond acceptors (Lipinski definition) is 4. The van der Waals surface area contributed by atoms with Crippen LogP contribution >= 0.6 is 23.2 Å². The summed E-state index contributed by atoms with van der Waals surface area (Å²) >= 11 is 12.7. The number of benzene rings is 2. The SMILES string of the molecule is CC1(C)CCC2(CC1)NC(C(=O)N[C@H]1CC[C@H](O)CC1)[C@H](c1cccc(Cl)c1F)[C@]21C(=O)Nc2cc(Cl)ccc21. The Balaban J connectivity index is 1.54. The zero-order valence-corrected chi connectivity index (χ0v) is 24.3. The molecule has 0 bridgehead atoms. The maximum atomic E-state index is 16.0. The highest BCUT2D eigenvalue weighted by molar-refractivity contribution is 6.31. The summed E-state index contributed by atoms with van der Waals surface area (Å²) in [4.78, 5) is 28.7. The number of amides is 2. The molecule has 2 saturated carbocycles. The average Bonchev–Trinajstić information content (AvgIpc) is 3.37. The number of nitrogens with one attached hydrogen (secondary N) is 3. The van der Waals surface area contributed by atoms with Crippen molar-refractivity contribution in [2.45, 2.75) is 100 Å². The van der Waals surface area contributed by atoms with Gasteiger partial charge >= 0.3 is 0 Å². The van der Waals surface area contributed by atoms with Crippen LogP contribution in [0.15, 0.2) is 36.4 Å². The molecule has 3 atom stereocenters. The number of halogens is 3. The van der Waals surface area contributed by atoms with Gasteiger partial charge in [-0.1, -0.05) is 55.2 Å². The summed E-state index contributed by atoms with van der Waals surface area (Å²) in [6, 6.07) is 9.19. The zero-order chi connectivity index (χ0) is 28.4. The van der Waals surface area contributed by atoms with Gasteiger partial charge in [0.1, 0.15) is 11.2 Å². The fraction of sp³-hybridized carbons (Fsp3) is 0.548. The van der Waals surface area contributed by atoms with Crippen molar-refractivity contribution in [3.8, 4) is 0 Å². The molecule has 0 radical (unpaired) electrons. The number of fused-ring (bicyclic) bond motifs is 3. The van der Waals surface area contributed by atoms with E-state index in [-0.39, 0.29) is 40.0 Å². The summed E-state index contributed by atoms with van der Waals surface area (Å²) in [5.41, 5.74) is -0.409. The van der Waals surface area contributed by atoms with Crippen LogP contribution in [0.5, 0.6) is 0 Å². The summed E-state index contributed by atoms with van der Waals surface area (Å²) in [7, 11) is 0. The van der Waals surface area contributed by atoms with E-state index in [0.717, 1.165) is 18.4 Å². The second kappa shape index (κ2) is 9.97. The van der Waals surface area contributed by atoms with Gasteiger partial charge in [0.25, 0.3) is 0 Å². The smallest absolute Gasteiger partial charge is 0.238 e. The first-order valence-electron chi connectivity index (χ1n) is 14.3. The molecule has 4 N–H and O–H groups in total. The number of carbonyl (C=O) groups is 2. The third-order valence-corrected chi connectivity index (χ3v) is 10.6. The van der Waals surface area contributed by atoms with E-state index in [1.807, 2.05) is 6.07 Å². The van der Waals surface area contributed by atoms with E-state index in [1.54, 1.807) is 24.3 Å². The minimum atomic E-state index is -1.26. The van der Waals surface area contributed by atoms with Crippen LogP contribution in [0.25, 0.3) is 0 Å². The molecule has 2 aromatic rings. The van der Waals surface area contributed by atoms with E-state index in [4.69, 9.17) is 23.2 Å². The zero-order valence-electron chi connectivity index (χ0n) is 22.8. The molecule has 9 heteroatoms. The number of rotatable bonds is 3. The Morgan fingerprint density at radius 3 is 2.45 bits per heavy atom. The van der Waals surface area contributed by atoms with E-state index in [9.17, 15) is 14.7 Å². The fourth-order valence-corrected chi connectivity index (χ4v) is 8.28. The monoisotopic (exact) mass is 587 g/mol. The van der Waals surface area contributed by atoms with Gasteiger partial charge in [0.15, 0.2) is 0 Å². The molecule has 1 saturated heterocycles. The molecule has 2 spiro atoms. The Hall–Kier alpha value is -2.19. The van der Waals surface area contributed by atoms with Crippen molar-refractivity contribution in [2.75, 3.05) is 5.32 Å². The van der Waals surface area contributed by atoms with Gasteiger partial charge in [-0.3, -0.25) is 14.9 Å². The van der Waals surface area contributed by atoms with Crippen LogP contribution in [0.3, 0.4) is 0 Å². The molecule has 2 amide bonds. The molecule has 1 unspecified atom stereocenters. The Morgan fingerprint density at radius 2 is 1.75 bits per heavy atom. The highest BCUT2D eigenvalue weighted by Crippen LogP contribution is 2.64. The molecular formula is C31H36Cl2FN3O3. The van der Waals surface area contributed by atoms with Crippen molar-refractivity contribution in [3.05, 3.63) is 63.4 Å². The van der Waals surface area contributed by atoms with Gasteiger partial charge in [0, 0.05) is 28.2 Å². The number of aliphatic hydroxyl groups excluding tert-OH is 1. The minimum Gasteiger partial charge on any atom is -0.393 e. The van der Waals surface area contributed by atoms with Crippen molar-refractivity contribution in [1.82, 2.24) is 10.6 Å². The number of aliphatic hydroxyl groups is 1. The van der Waals surface area contributed by atoms with Crippen LogP contribution in [-0.4, -0.2) is 40.6 Å². The highest BCUT2D eigenvalue weighted by atomic mass is 35.5. The molecule has 2 aromatic carbocycles. The molecule has 2 aliphatic heterocycles. The number of anilines is 1. The summed E-state index contributed by atoms with van der Waals surface area (Å²) in [5, 5.41) is 20.4. The molecule has 0 aromatic heterocycles. The van der Waals surface area contributed by atoms with Crippen LogP contribution in [0.4, 0.5) is 10.1 Å². The maximum Gasteiger partial charge on any atom is 0.238 e. The summed E-state index contributed by atoms with van der Waals surface area (Å²) in [6.07, 6.45) is 5.21. The Kier molecular flexibility index (Phi) is 6.97. The quantitative estimate of drug-likeness (QED) is 0.363. The lowest BCUT2D eigenvalue weighted by atomic mass is 9.53. The first-order chi connectivity index (χ1) is 19.0. The van der Waals surface area contributed by atoms with E-state index in [1.165, 1.54) is 6.07 Å². The summed E-state index contributed by atoms with van der Waals surface area (Å²) in [5.74, 6) is -1.99. The Morgan fingerprint density at radius 1 is 1.05 bits per heavy atom. The molecule has 40 heavy (non-hydrogen) atoms. The van der Waals surface area contributed by atoms with Crippen LogP contribution in [0, 0.1) is 11.2 Å². The molecule has 214 valence electrons. The third-order valence-electron chi connectivity index (χ3n) is 10.1. The van der Waals surface area contributed by atoms with Crippen molar-refractivity contribution in [1.29, 1.82) is 0 Å². The predicted molar refractivity (Wildman–Crippen MR) is 154 cm³/mol. The molecule has 2 heterocycles. The lowest BCUT2D eigenvalue weighted by Gasteiger charge is -2.50. The van der Waals surface area contributed by atoms with Crippen LogP contribution in [0.2, 0.25) is 10.0 Å². The summed E-state index contributed by atoms with van der Waals surface area (Å²) < 4.78 is 16.0. The molecular weight excluding hydrogens is 552 g/mol. The fourth-order valence-electron chi connectivity index (χ4n) is 7.93. The topological polar surface area (TPSA) is 90.5 Å². The van der Waals surface area contributed by atoms with Gasteiger partial charge in [-0.15, -0.1) is 0 Å². The second-order valence-electron chi connectivity index (χ2n) is 13.0. The lowest BCUT2D eigenvalue weighted by molar-refractivity contribution is -0.125. The van der Waals surface area contributed by atoms with Gasteiger partial charge in [-0.25, -0.2) is 4.39 Å². The molecule has 6 nitrogen and oxygen atoms in total. The number of hydrogen-bond donors (Lipinski definition) is 4. The Labute approximate surface area is 244 Å². The van der Waals surface area contributed by atoms with Gasteiger partial charge in [0.05, 0.1) is 17.2 Å². The van der Waals surface area contributed by atoms with Crippen LogP contribution in [-0.2, 0) is 15.0 Å². The van der Waals surface area contributed by atoms with Gasteiger partial charge in [-0.2, -0.15) is 0 Å². The highest BCUT2D eigenvalue weighted by Gasteiger charge is 2.73.